The number of hydrogen-bond donors (Lipinski definition) is 3. The van der Waals surface area contributed by atoms with Gasteiger partial charge in [-0.2, -0.15) is 0 Å². The second-order valence-electron chi connectivity index (χ2n) is 8.01. The number of aliphatic imine (C=N–C) groups is 1. The van der Waals surface area contributed by atoms with Crippen LogP contribution in [0.4, 0.5) is 20.3 Å². The summed E-state index contributed by atoms with van der Waals surface area (Å²) in [6.07, 6.45) is 3.68. The Morgan fingerprint density at radius 3 is 2.90 bits per heavy atom. The molecule has 3 atom stereocenters. The highest BCUT2D eigenvalue weighted by Gasteiger charge is 2.66. The van der Waals surface area contributed by atoms with Crippen molar-refractivity contribution < 1.29 is 13.9 Å². The van der Waals surface area contributed by atoms with Gasteiger partial charge < -0.3 is 16.2 Å². The second kappa shape index (κ2) is 7.01. The molecule has 10 heteroatoms. The van der Waals surface area contributed by atoms with Gasteiger partial charge in [0.05, 0.1) is 21.9 Å². The van der Waals surface area contributed by atoms with E-state index in [1.807, 2.05) is 0 Å². The summed E-state index contributed by atoms with van der Waals surface area (Å²) >= 11 is 7.30. The number of pyridine rings is 2. The Labute approximate surface area is 185 Å². The Balaban J connectivity index is 1.59. The summed E-state index contributed by atoms with van der Waals surface area (Å²) in [7, 11) is 0. The van der Waals surface area contributed by atoms with E-state index in [-0.39, 0.29) is 23.3 Å². The summed E-state index contributed by atoms with van der Waals surface area (Å²) in [4.78, 5) is 13.1. The number of aromatic nitrogens is 2. The summed E-state index contributed by atoms with van der Waals surface area (Å²) in [5, 5.41) is 14.4. The van der Waals surface area contributed by atoms with E-state index in [0.29, 0.717) is 28.5 Å². The summed E-state index contributed by atoms with van der Waals surface area (Å²) < 4.78 is 29.1. The van der Waals surface area contributed by atoms with Gasteiger partial charge in [-0.3, -0.25) is 9.98 Å². The number of fused-ring (bicyclic) bond motifs is 2. The average Bonchev–Trinajstić information content (AvgIpc) is 3.46. The van der Waals surface area contributed by atoms with Crippen molar-refractivity contribution in [3.8, 4) is 0 Å². The summed E-state index contributed by atoms with van der Waals surface area (Å²) in [5.41, 5.74) is 5.81. The van der Waals surface area contributed by atoms with Crippen molar-refractivity contribution in [1.29, 1.82) is 0 Å². The van der Waals surface area contributed by atoms with Crippen LogP contribution in [0.2, 0.25) is 5.02 Å². The lowest BCUT2D eigenvalue weighted by Gasteiger charge is -2.34. The Morgan fingerprint density at radius 1 is 1.32 bits per heavy atom. The first-order valence-electron chi connectivity index (χ1n) is 9.58. The number of anilines is 2. The van der Waals surface area contributed by atoms with Gasteiger partial charge in [0.1, 0.15) is 5.52 Å². The van der Waals surface area contributed by atoms with E-state index in [9.17, 15) is 13.9 Å². The lowest BCUT2D eigenvalue weighted by molar-refractivity contribution is 0.264. The van der Waals surface area contributed by atoms with Gasteiger partial charge >= 0.3 is 0 Å². The van der Waals surface area contributed by atoms with Crippen LogP contribution in [-0.2, 0) is 5.54 Å². The molecule has 2 aliphatic rings. The predicted octanol–water partition coefficient (Wildman–Crippen LogP) is 4.33. The van der Waals surface area contributed by atoms with Crippen molar-refractivity contribution in [2.45, 2.75) is 23.6 Å². The lowest BCUT2D eigenvalue weighted by Crippen LogP contribution is -2.37. The highest BCUT2D eigenvalue weighted by molar-refractivity contribution is 8.15. The molecule has 0 radical (unpaired) electrons. The van der Waals surface area contributed by atoms with Crippen LogP contribution in [0, 0.1) is 17.6 Å². The molecule has 31 heavy (non-hydrogen) atoms. The molecule has 2 aromatic heterocycles. The van der Waals surface area contributed by atoms with Crippen LogP contribution in [0.1, 0.15) is 18.9 Å². The number of rotatable bonds is 4. The van der Waals surface area contributed by atoms with Gasteiger partial charge in [-0.05, 0) is 31.5 Å². The minimum atomic E-state index is -1.10. The SMILES string of the molecule is C[C@]1(c2cc(Nc3nccc4cc(Cl)cnc34)cc(F)c2F)N=C(N)S[C@]2(CO)C[C@H]21. The number of nitrogens with two attached hydrogens (primary N) is 1. The van der Waals surface area contributed by atoms with Crippen molar-refractivity contribution in [3.63, 3.8) is 0 Å². The zero-order valence-corrected chi connectivity index (χ0v) is 17.9. The van der Waals surface area contributed by atoms with Gasteiger partial charge in [0.25, 0.3) is 0 Å². The third-order valence-electron chi connectivity index (χ3n) is 6.02. The number of aliphatic hydroxyl groups excluding tert-OH is 1. The van der Waals surface area contributed by atoms with Gasteiger partial charge in [0.15, 0.2) is 22.6 Å². The summed E-state index contributed by atoms with van der Waals surface area (Å²) in [5.74, 6) is -1.77. The van der Waals surface area contributed by atoms with Crippen LogP contribution in [-0.4, -0.2) is 31.6 Å². The first-order chi connectivity index (χ1) is 14.8. The zero-order chi connectivity index (χ0) is 22.0. The molecular formula is C21H18ClF2N5OS. The van der Waals surface area contributed by atoms with E-state index in [1.165, 1.54) is 24.0 Å². The molecule has 0 spiro atoms. The third kappa shape index (κ3) is 3.22. The first kappa shape index (κ1) is 20.4. The molecule has 1 aliphatic carbocycles. The quantitative estimate of drug-likeness (QED) is 0.535. The van der Waals surface area contributed by atoms with Crippen molar-refractivity contribution in [1.82, 2.24) is 9.97 Å². The fraction of sp³-hybridized carbons (Fsp3) is 0.286. The lowest BCUT2D eigenvalue weighted by atomic mass is 9.85. The number of nitrogens with zero attached hydrogens (tertiary/aromatic N) is 3. The standard InChI is InChI=1S/C21H18ClF2N5OS/c1-20(15-7-21(15,9-30)31-19(25)29-20)13-5-12(6-14(23)16(13)24)28-18-17-10(2-3-26-18)4-11(22)8-27-17/h2-6,8,15,30H,7,9H2,1H3,(H2,25,29)(H,26,28)/t15-,20+,21-/m0/s1. The Kier molecular flexibility index (Phi) is 4.62. The number of hydrogen-bond acceptors (Lipinski definition) is 7. The van der Waals surface area contributed by atoms with Crippen LogP contribution < -0.4 is 11.1 Å². The van der Waals surface area contributed by atoms with E-state index in [4.69, 9.17) is 17.3 Å². The van der Waals surface area contributed by atoms with Gasteiger partial charge in [0, 0.05) is 41.0 Å². The number of halogens is 3. The van der Waals surface area contributed by atoms with Crippen LogP contribution in [0.5, 0.6) is 0 Å². The minimum Gasteiger partial charge on any atom is -0.395 e. The van der Waals surface area contributed by atoms with E-state index in [2.05, 4.69) is 20.3 Å². The molecule has 160 valence electrons. The maximum absolute atomic E-state index is 15.0. The Bertz CT molecular complexity index is 1260. The number of benzene rings is 1. The van der Waals surface area contributed by atoms with Gasteiger partial charge in [-0.25, -0.2) is 13.8 Å². The van der Waals surface area contributed by atoms with E-state index < -0.39 is 21.9 Å². The summed E-state index contributed by atoms with van der Waals surface area (Å²) in [6.45, 7) is 1.62. The number of nitrogens with one attached hydrogen (secondary N) is 1. The molecule has 0 amide bonds. The Hall–Kier alpha value is -2.49. The normalized spacial score (nSPS) is 27.0. The third-order valence-corrected chi connectivity index (χ3v) is 7.52. The maximum atomic E-state index is 15.0. The fourth-order valence-electron chi connectivity index (χ4n) is 4.39. The van der Waals surface area contributed by atoms with Crippen LogP contribution in [0.25, 0.3) is 10.9 Å². The van der Waals surface area contributed by atoms with Gasteiger partial charge in [-0.15, -0.1) is 0 Å². The molecule has 1 aromatic carbocycles. The first-order valence-corrected chi connectivity index (χ1v) is 10.8. The molecule has 3 aromatic rings. The van der Waals surface area contributed by atoms with Gasteiger partial charge in [-0.1, -0.05) is 23.4 Å². The summed E-state index contributed by atoms with van der Waals surface area (Å²) in [6, 6.07) is 6.08. The molecular weight excluding hydrogens is 444 g/mol. The van der Waals surface area contributed by atoms with E-state index in [0.717, 1.165) is 11.5 Å². The molecule has 4 N–H and O–H groups in total. The monoisotopic (exact) mass is 461 g/mol. The molecule has 0 unspecified atom stereocenters. The smallest absolute Gasteiger partial charge is 0.164 e. The van der Waals surface area contributed by atoms with Crippen molar-refractivity contribution >= 4 is 50.9 Å². The molecule has 6 nitrogen and oxygen atoms in total. The zero-order valence-electron chi connectivity index (χ0n) is 16.4. The highest BCUT2D eigenvalue weighted by atomic mass is 35.5. The number of thioether (sulfide) groups is 1. The average molecular weight is 462 g/mol. The predicted molar refractivity (Wildman–Crippen MR) is 119 cm³/mol. The minimum absolute atomic E-state index is 0.0785. The van der Waals surface area contributed by atoms with Gasteiger partial charge in [0.2, 0.25) is 0 Å². The molecule has 1 aliphatic heterocycles. The Morgan fingerprint density at radius 2 is 2.13 bits per heavy atom. The van der Waals surface area contributed by atoms with Crippen molar-refractivity contribution in [3.05, 3.63) is 58.9 Å². The molecule has 0 saturated heterocycles. The van der Waals surface area contributed by atoms with E-state index in [1.54, 1.807) is 25.3 Å². The topological polar surface area (TPSA) is 96.4 Å². The highest BCUT2D eigenvalue weighted by Crippen LogP contribution is 2.65. The fourth-order valence-corrected chi connectivity index (χ4v) is 5.90. The molecule has 3 heterocycles. The number of amidine groups is 1. The van der Waals surface area contributed by atoms with Crippen LogP contribution in [0.3, 0.4) is 0 Å². The molecule has 5 rings (SSSR count). The van der Waals surface area contributed by atoms with Crippen LogP contribution in [0.15, 0.2) is 41.7 Å². The van der Waals surface area contributed by atoms with Crippen molar-refractivity contribution in [2.75, 3.05) is 11.9 Å². The van der Waals surface area contributed by atoms with Crippen LogP contribution >= 0.6 is 23.4 Å². The molecule has 0 bridgehead atoms. The number of aliphatic hydroxyl groups is 1. The molecule has 1 fully saturated rings. The maximum Gasteiger partial charge on any atom is 0.164 e. The molecule has 1 saturated carbocycles. The largest absolute Gasteiger partial charge is 0.395 e. The van der Waals surface area contributed by atoms with Crippen molar-refractivity contribution in [2.24, 2.45) is 16.6 Å². The second-order valence-corrected chi connectivity index (χ2v) is 9.88. The van der Waals surface area contributed by atoms with E-state index >= 15 is 0 Å².